The van der Waals surface area contributed by atoms with Crippen molar-refractivity contribution in [3.63, 3.8) is 0 Å². The zero-order chi connectivity index (χ0) is 10.7. The fraction of sp³-hybridized carbons (Fsp3) is 0.417. The van der Waals surface area contributed by atoms with Crippen LogP contribution in [0.5, 0.6) is 0 Å². The molecule has 15 heavy (non-hydrogen) atoms. The molecule has 0 bridgehead atoms. The van der Waals surface area contributed by atoms with Gasteiger partial charge in [-0.1, -0.05) is 12.1 Å². The van der Waals surface area contributed by atoms with Gasteiger partial charge in [-0.3, -0.25) is 0 Å². The smallest absolute Gasteiger partial charge is 0.235 e. The van der Waals surface area contributed by atoms with Gasteiger partial charge < -0.3 is 4.90 Å². The van der Waals surface area contributed by atoms with Crippen LogP contribution in [0.4, 0.5) is 5.69 Å². The van der Waals surface area contributed by atoms with Crippen LogP contribution < -0.4 is 4.90 Å². The number of hydrogen-bond acceptors (Lipinski definition) is 3. The van der Waals surface area contributed by atoms with Gasteiger partial charge in [0.15, 0.2) is 0 Å². The highest BCUT2D eigenvalue weighted by Gasteiger charge is 2.13. The lowest BCUT2D eigenvalue weighted by molar-refractivity contribution is 0.563. The first-order valence-corrected chi connectivity index (χ1v) is 5.18. The molecule has 1 aromatic rings. The molecule has 0 saturated heterocycles. The van der Waals surface area contributed by atoms with Gasteiger partial charge in [0, 0.05) is 19.3 Å². The number of aliphatic imine (C=N–C) groups is 1. The van der Waals surface area contributed by atoms with Gasteiger partial charge in [-0.15, -0.1) is 0 Å². The van der Waals surface area contributed by atoms with Crippen LogP contribution in [-0.4, -0.2) is 19.7 Å². The number of fused-ring (bicyclic) bond motifs is 1. The van der Waals surface area contributed by atoms with Gasteiger partial charge in [-0.05, 0) is 30.0 Å². The third kappa shape index (κ3) is 2.08. The molecular formula is C12H14N2O. The van der Waals surface area contributed by atoms with Crippen molar-refractivity contribution in [3.05, 3.63) is 29.3 Å². The molecule has 0 saturated carbocycles. The molecule has 3 nitrogen and oxygen atoms in total. The van der Waals surface area contributed by atoms with E-state index >= 15 is 0 Å². The van der Waals surface area contributed by atoms with Gasteiger partial charge in [0.2, 0.25) is 6.08 Å². The molecule has 2 rings (SSSR count). The van der Waals surface area contributed by atoms with Crippen molar-refractivity contribution in [2.75, 3.05) is 18.5 Å². The number of carbonyl (C=O) groups excluding carboxylic acids is 1. The van der Waals surface area contributed by atoms with Crippen molar-refractivity contribution < 1.29 is 4.79 Å². The van der Waals surface area contributed by atoms with Crippen molar-refractivity contribution in [2.45, 2.75) is 19.4 Å². The van der Waals surface area contributed by atoms with Crippen LogP contribution in [0.1, 0.15) is 17.5 Å². The zero-order valence-electron chi connectivity index (χ0n) is 8.86. The fourth-order valence-electron chi connectivity index (χ4n) is 2.03. The summed E-state index contributed by atoms with van der Waals surface area (Å²) in [7, 11) is 2.10. The molecule has 1 aromatic carbocycles. The van der Waals surface area contributed by atoms with E-state index in [1.807, 2.05) is 6.07 Å². The molecule has 78 valence electrons. The van der Waals surface area contributed by atoms with Crippen molar-refractivity contribution >= 4 is 11.8 Å². The Morgan fingerprint density at radius 2 is 2.40 bits per heavy atom. The van der Waals surface area contributed by atoms with Gasteiger partial charge >= 0.3 is 0 Å². The molecule has 0 amide bonds. The van der Waals surface area contributed by atoms with Gasteiger partial charge in [-0.2, -0.15) is 0 Å². The molecule has 1 heterocycles. The summed E-state index contributed by atoms with van der Waals surface area (Å²) in [6.07, 6.45) is 3.94. The maximum atomic E-state index is 10.0. The average molecular weight is 202 g/mol. The van der Waals surface area contributed by atoms with Crippen LogP contribution in [0.3, 0.4) is 0 Å². The first-order valence-electron chi connectivity index (χ1n) is 5.18. The minimum Gasteiger partial charge on any atom is -0.374 e. The predicted octanol–water partition coefficient (Wildman–Crippen LogP) is 1.90. The Morgan fingerprint density at radius 3 is 3.20 bits per heavy atom. The van der Waals surface area contributed by atoms with E-state index in [-0.39, 0.29) is 0 Å². The standard InChI is InChI=1S/C12H14N2O/c1-14-6-2-3-11-5-4-10(7-12(11)14)8-13-9-15/h4-5,7H,2-3,6,8H2,1H3. The average Bonchev–Trinajstić information content (AvgIpc) is 2.27. The second kappa shape index (κ2) is 4.28. The van der Waals surface area contributed by atoms with Crippen molar-refractivity contribution in [3.8, 4) is 0 Å². The van der Waals surface area contributed by atoms with Gasteiger partial charge in [0.1, 0.15) is 0 Å². The van der Waals surface area contributed by atoms with Gasteiger partial charge in [-0.25, -0.2) is 9.79 Å². The Bertz CT molecular complexity index is 408. The summed E-state index contributed by atoms with van der Waals surface area (Å²) in [6, 6.07) is 6.30. The van der Waals surface area contributed by atoms with Crippen molar-refractivity contribution in [1.82, 2.24) is 0 Å². The second-order valence-corrected chi connectivity index (χ2v) is 3.90. The maximum absolute atomic E-state index is 10.0. The third-order valence-corrected chi connectivity index (χ3v) is 2.83. The Morgan fingerprint density at radius 1 is 1.53 bits per heavy atom. The SMILES string of the molecule is CN1CCCc2ccc(CN=C=O)cc21. The Kier molecular flexibility index (Phi) is 2.84. The summed E-state index contributed by atoms with van der Waals surface area (Å²) < 4.78 is 0. The van der Waals surface area contributed by atoms with Crippen molar-refractivity contribution in [2.24, 2.45) is 4.99 Å². The van der Waals surface area contributed by atoms with Crippen LogP contribution in [0.15, 0.2) is 23.2 Å². The fourth-order valence-corrected chi connectivity index (χ4v) is 2.03. The number of anilines is 1. The van der Waals surface area contributed by atoms with Crippen LogP contribution in [0, 0.1) is 0 Å². The minimum atomic E-state index is 0.435. The number of aryl methyl sites for hydroxylation is 1. The molecule has 1 aliphatic heterocycles. The van der Waals surface area contributed by atoms with E-state index in [0.29, 0.717) is 6.54 Å². The van der Waals surface area contributed by atoms with E-state index in [4.69, 9.17) is 0 Å². The summed E-state index contributed by atoms with van der Waals surface area (Å²) in [6.45, 7) is 1.54. The molecule has 0 aliphatic carbocycles. The van der Waals surface area contributed by atoms with Crippen LogP contribution >= 0.6 is 0 Å². The summed E-state index contributed by atoms with van der Waals surface area (Å²) in [5, 5.41) is 0. The van der Waals surface area contributed by atoms with E-state index in [1.54, 1.807) is 6.08 Å². The quantitative estimate of drug-likeness (QED) is 0.542. The summed E-state index contributed by atoms with van der Waals surface area (Å²) in [5.41, 5.74) is 3.74. The van der Waals surface area contributed by atoms with Gasteiger partial charge in [0.05, 0.1) is 6.54 Å². The summed E-state index contributed by atoms with van der Waals surface area (Å²) in [4.78, 5) is 15.9. The largest absolute Gasteiger partial charge is 0.374 e. The zero-order valence-corrected chi connectivity index (χ0v) is 8.86. The number of nitrogens with zero attached hydrogens (tertiary/aromatic N) is 2. The first-order chi connectivity index (χ1) is 7.31. The molecule has 0 aromatic heterocycles. The Hall–Kier alpha value is -1.60. The highest BCUT2D eigenvalue weighted by atomic mass is 16.1. The predicted molar refractivity (Wildman–Crippen MR) is 59.9 cm³/mol. The lowest BCUT2D eigenvalue weighted by Crippen LogP contribution is -2.24. The highest BCUT2D eigenvalue weighted by molar-refractivity contribution is 5.56. The molecule has 0 spiro atoms. The molecular weight excluding hydrogens is 188 g/mol. The van der Waals surface area contributed by atoms with E-state index in [9.17, 15) is 4.79 Å². The molecule has 3 heteroatoms. The highest BCUT2D eigenvalue weighted by Crippen LogP contribution is 2.27. The summed E-state index contributed by atoms with van der Waals surface area (Å²) in [5.74, 6) is 0. The second-order valence-electron chi connectivity index (χ2n) is 3.90. The van der Waals surface area contributed by atoms with E-state index in [2.05, 4.69) is 29.1 Å². The molecule has 0 N–H and O–H groups in total. The van der Waals surface area contributed by atoms with E-state index < -0.39 is 0 Å². The Balaban J connectivity index is 2.30. The number of rotatable bonds is 2. The number of benzene rings is 1. The maximum Gasteiger partial charge on any atom is 0.235 e. The molecule has 0 radical (unpaired) electrons. The van der Waals surface area contributed by atoms with Gasteiger partial charge in [0.25, 0.3) is 0 Å². The third-order valence-electron chi connectivity index (χ3n) is 2.83. The van der Waals surface area contributed by atoms with Crippen LogP contribution in [0.2, 0.25) is 0 Å². The topological polar surface area (TPSA) is 32.7 Å². The normalized spacial score (nSPS) is 14.3. The monoisotopic (exact) mass is 202 g/mol. The lowest BCUT2D eigenvalue weighted by Gasteiger charge is -2.27. The Labute approximate surface area is 89.4 Å². The number of hydrogen-bond donors (Lipinski definition) is 0. The molecule has 0 unspecified atom stereocenters. The van der Waals surface area contributed by atoms with E-state index in [0.717, 1.165) is 18.5 Å². The van der Waals surface area contributed by atoms with E-state index in [1.165, 1.54) is 17.7 Å². The van der Waals surface area contributed by atoms with Crippen LogP contribution in [0.25, 0.3) is 0 Å². The molecule has 1 aliphatic rings. The van der Waals surface area contributed by atoms with Crippen molar-refractivity contribution in [1.29, 1.82) is 0 Å². The minimum absolute atomic E-state index is 0.435. The van der Waals surface area contributed by atoms with Crippen LogP contribution in [-0.2, 0) is 17.8 Å². The number of isocyanates is 1. The lowest BCUT2D eigenvalue weighted by atomic mass is 10.00. The first kappa shape index (κ1) is 9.94. The molecule has 0 fully saturated rings. The molecule has 0 atom stereocenters. The summed E-state index contributed by atoms with van der Waals surface area (Å²) >= 11 is 0.